The van der Waals surface area contributed by atoms with Gasteiger partial charge in [-0.2, -0.15) is 9.78 Å². The zero-order valence-electron chi connectivity index (χ0n) is 11.7. The molecule has 6 heteroatoms. The third-order valence-electron chi connectivity index (χ3n) is 3.19. The maximum Gasteiger partial charge on any atom is 0.437 e. The molecule has 22 heavy (non-hydrogen) atoms. The summed E-state index contributed by atoms with van der Waals surface area (Å²) in [7, 11) is 0. The SMILES string of the molecule is N/N=C(\Cn1nc(-c2ccccc2)oc1=O)c1ccccc1. The van der Waals surface area contributed by atoms with E-state index in [-0.39, 0.29) is 12.4 Å². The molecule has 0 unspecified atom stereocenters. The van der Waals surface area contributed by atoms with Crippen LogP contribution >= 0.6 is 0 Å². The van der Waals surface area contributed by atoms with Gasteiger partial charge in [-0.25, -0.2) is 4.79 Å². The molecule has 0 aliphatic heterocycles. The van der Waals surface area contributed by atoms with Crippen LogP contribution in [0.15, 0.2) is 75.0 Å². The van der Waals surface area contributed by atoms with Crippen LogP contribution in [0.1, 0.15) is 5.56 Å². The van der Waals surface area contributed by atoms with E-state index >= 15 is 0 Å². The first kappa shape index (κ1) is 13.8. The van der Waals surface area contributed by atoms with Crippen LogP contribution in [0.5, 0.6) is 0 Å². The van der Waals surface area contributed by atoms with Gasteiger partial charge in [-0.05, 0) is 17.7 Å². The molecule has 6 nitrogen and oxygen atoms in total. The second kappa shape index (κ2) is 6.09. The smallest absolute Gasteiger partial charge is 0.388 e. The van der Waals surface area contributed by atoms with Crippen molar-refractivity contribution < 1.29 is 4.42 Å². The Balaban J connectivity index is 1.90. The van der Waals surface area contributed by atoms with Crippen molar-refractivity contribution in [2.24, 2.45) is 10.9 Å². The summed E-state index contributed by atoms with van der Waals surface area (Å²) in [5.74, 6) is 5.16. The summed E-state index contributed by atoms with van der Waals surface area (Å²) in [6, 6.07) is 18.6. The summed E-state index contributed by atoms with van der Waals surface area (Å²) in [6.07, 6.45) is 0. The second-order valence-electron chi connectivity index (χ2n) is 4.64. The summed E-state index contributed by atoms with van der Waals surface area (Å²) in [5.41, 5.74) is 2.13. The maximum absolute atomic E-state index is 11.9. The largest absolute Gasteiger partial charge is 0.437 e. The van der Waals surface area contributed by atoms with Crippen LogP contribution in [0, 0.1) is 0 Å². The summed E-state index contributed by atoms with van der Waals surface area (Å²) in [4.78, 5) is 11.9. The molecular weight excluding hydrogens is 280 g/mol. The predicted octanol–water partition coefficient (Wildman–Crippen LogP) is 1.87. The number of hydrogen-bond acceptors (Lipinski definition) is 5. The molecule has 0 fully saturated rings. The summed E-state index contributed by atoms with van der Waals surface area (Å²) >= 11 is 0. The minimum atomic E-state index is -0.545. The Morgan fingerprint density at radius 3 is 2.36 bits per heavy atom. The van der Waals surface area contributed by atoms with Gasteiger partial charge in [0, 0.05) is 5.56 Å². The average molecular weight is 294 g/mol. The highest BCUT2D eigenvalue weighted by atomic mass is 16.4. The van der Waals surface area contributed by atoms with Gasteiger partial charge in [0.1, 0.15) is 0 Å². The van der Waals surface area contributed by atoms with Gasteiger partial charge in [0.25, 0.3) is 0 Å². The van der Waals surface area contributed by atoms with Crippen molar-refractivity contribution in [3.05, 3.63) is 76.8 Å². The third kappa shape index (κ3) is 2.80. The quantitative estimate of drug-likeness (QED) is 0.452. The van der Waals surface area contributed by atoms with Crippen LogP contribution in [0.25, 0.3) is 11.5 Å². The topological polar surface area (TPSA) is 86.4 Å². The monoisotopic (exact) mass is 294 g/mol. The second-order valence-corrected chi connectivity index (χ2v) is 4.64. The summed E-state index contributed by atoms with van der Waals surface area (Å²) < 4.78 is 6.39. The van der Waals surface area contributed by atoms with Crippen molar-refractivity contribution in [1.29, 1.82) is 0 Å². The molecule has 0 amide bonds. The highest BCUT2D eigenvalue weighted by molar-refractivity contribution is 6.00. The van der Waals surface area contributed by atoms with Crippen LogP contribution in [-0.2, 0) is 6.54 Å². The van der Waals surface area contributed by atoms with E-state index in [1.54, 1.807) is 0 Å². The standard InChI is InChI=1S/C16H14N4O2/c17-18-14(12-7-3-1-4-8-12)11-20-16(21)22-15(19-20)13-9-5-2-6-10-13/h1-10H,11,17H2/b18-14+. The van der Waals surface area contributed by atoms with E-state index in [9.17, 15) is 4.79 Å². The molecule has 1 aromatic heterocycles. The number of hydrazone groups is 1. The molecule has 0 aliphatic rings. The molecule has 0 radical (unpaired) electrons. The molecule has 110 valence electrons. The Morgan fingerprint density at radius 2 is 1.73 bits per heavy atom. The zero-order valence-corrected chi connectivity index (χ0v) is 11.7. The lowest BCUT2D eigenvalue weighted by Crippen LogP contribution is -2.23. The van der Waals surface area contributed by atoms with Crippen LogP contribution in [-0.4, -0.2) is 15.5 Å². The van der Waals surface area contributed by atoms with E-state index in [1.165, 1.54) is 4.68 Å². The number of aromatic nitrogens is 2. The lowest BCUT2D eigenvalue weighted by atomic mass is 10.1. The first-order valence-electron chi connectivity index (χ1n) is 6.73. The number of nitrogens with two attached hydrogens (primary N) is 1. The van der Waals surface area contributed by atoms with Crippen molar-refractivity contribution in [2.75, 3.05) is 0 Å². The molecule has 0 saturated carbocycles. The van der Waals surface area contributed by atoms with Crippen molar-refractivity contribution in [2.45, 2.75) is 6.54 Å². The van der Waals surface area contributed by atoms with Gasteiger partial charge in [0.05, 0.1) is 12.3 Å². The lowest BCUT2D eigenvalue weighted by molar-refractivity contribution is 0.500. The van der Waals surface area contributed by atoms with Gasteiger partial charge >= 0.3 is 5.76 Å². The molecule has 0 atom stereocenters. The van der Waals surface area contributed by atoms with Crippen LogP contribution in [0.4, 0.5) is 0 Å². The Bertz CT molecular complexity index is 835. The predicted molar refractivity (Wildman–Crippen MR) is 83.4 cm³/mol. The fraction of sp³-hybridized carbons (Fsp3) is 0.0625. The van der Waals surface area contributed by atoms with E-state index in [2.05, 4.69) is 10.2 Å². The Labute approximate surface area is 126 Å². The minimum Gasteiger partial charge on any atom is -0.388 e. The number of rotatable bonds is 4. The molecule has 3 rings (SSSR count). The zero-order chi connectivity index (χ0) is 15.4. The summed E-state index contributed by atoms with van der Waals surface area (Å²) in [6.45, 7) is 0.148. The number of hydrogen-bond donors (Lipinski definition) is 1. The van der Waals surface area contributed by atoms with Crippen molar-refractivity contribution >= 4 is 5.71 Å². The van der Waals surface area contributed by atoms with Crippen LogP contribution in [0.3, 0.4) is 0 Å². The van der Waals surface area contributed by atoms with Gasteiger partial charge in [-0.15, -0.1) is 5.10 Å². The van der Waals surface area contributed by atoms with E-state index in [4.69, 9.17) is 10.3 Å². The van der Waals surface area contributed by atoms with Crippen LogP contribution in [0.2, 0.25) is 0 Å². The van der Waals surface area contributed by atoms with Crippen molar-refractivity contribution in [3.63, 3.8) is 0 Å². The van der Waals surface area contributed by atoms with Gasteiger partial charge in [-0.1, -0.05) is 48.5 Å². The maximum atomic E-state index is 11.9. The fourth-order valence-corrected chi connectivity index (χ4v) is 2.08. The van der Waals surface area contributed by atoms with Gasteiger partial charge < -0.3 is 10.3 Å². The summed E-state index contributed by atoms with van der Waals surface area (Å²) in [5, 5.41) is 7.95. The Hall–Kier alpha value is -3.15. The van der Waals surface area contributed by atoms with Gasteiger partial charge in [0.15, 0.2) is 0 Å². The number of nitrogens with zero attached hydrogens (tertiary/aromatic N) is 3. The van der Waals surface area contributed by atoms with Crippen LogP contribution < -0.4 is 11.6 Å². The van der Waals surface area contributed by atoms with Gasteiger partial charge in [0.2, 0.25) is 5.89 Å². The Morgan fingerprint density at radius 1 is 1.09 bits per heavy atom. The fourth-order valence-electron chi connectivity index (χ4n) is 2.08. The lowest BCUT2D eigenvalue weighted by Gasteiger charge is -2.03. The molecule has 0 spiro atoms. The van der Waals surface area contributed by atoms with E-state index in [0.29, 0.717) is 5.71 Å². The molecule has 0 aliphatic carbocycles. The van der Waals surface area contributed by atoms with E-state index in [0.717, 1.165) is 11.1 Å². The third-order valence-corrected chi connectivity index (χ3v) is 3.19. The number of benzene rings is 2. The Kier molecular flexibility index (Phi) is 3.82. The molecular formula is C16H14N4O2. The van der Waals surface area contributed by atoms with E-state index < -0.39 is 5.76 Å². The average Bonchev–Trinajstić information content (AvgIpc) is 2.95. The highest BCUT2D eigenvalue weighted by Gasteiger charge is 2.13. The molecule has 2 N–H and O–H groups in total. The molecule has 2 aromatic carbocycles. The van der Waals surface area contributed by atoms with E-state index in [1.807, 2.05) is 60.7 Å². The normalized spacial score (nSPS) is 11.5. The highest BCUT2D eigenvalue weighted by Crippen LogP contribution is 2.14. The van der Waals surface area contributed by atoms with Gasteiger partial charge in [-0.3, -0.25) is 0 Å². The molecule has 0 saturated heterocycles. The molecule has 0 bridgehead atoms. The van der Waals surface area contributed by atoms with Crippen molar-refractivity contribution in [1.82, 2.24) is 9.78 Å². The molecule has 3 aromatic rings. The minimum absolute atomic E-state index is 0.148. The van der Waals surface area contributed by atoms with Crippen molar-refractivity contribution in [3.8, 4) is 11.5 Å². The first-order chi connectivity index (χ1) is 10.8. The first-order valence-corrected chi connectivity index (χ1v) is 6.73. The molecule has 1 heterocycles.